The Hall–Kier alpha value is -3.52. The molecule has 5 aromatic rings. The molecule has 0 aliphatic carbocycles. The van der Waals surface area contributed by atoms with E-state index < -0.39 is 0 Å². The number of anilines is 2. The lowest BCUT2D eigenvalue weighted by Crippen LogP contribution is -2.58. The first kappa shape index (κ1) is 14.5. The first-order chi connectivity index (χ1) is 13.9. The highest BCUT2D eigenvalue weighted by molar-refractivity contribution is 6.93. The summed E-state index contributed by atoms with van der Waals surface area (Å²) in [6.07, 6.45) is 0. The largest absolute Gasteiger partial charge is 0.376 e. The van der Waals surface area contributed by atoms with Gasteiger partial charge in [-0.15, -0.1) is 0 Å². The highest BCUT2D eigenvalue weighted by Crippen LogP contribution is 2.45. The second-order valence-corrected chi connectivity index (χ2v) is 7.76. The van der Waals surface area contributed by atoms with E-state index in [9.17, 15) is 0 Å². The highest BCUT2D eigenvalue weighted by Gasteiger charge is 2.40. The van der Waals surface area contributed by atoms with E-state index in [0.29, 0.717) is 0 Å². The summed E-state index contributed by atoms with van der Waals surface area (Å²) in [6.45, 7) is 0.204. The zero-order valence-corrected chi connectivity index (χ0v) is 15.3. The van der Waals surface area contributed by atoms with Gasteiger partial charge in [0.1, 0.15) is 0 Å². The summed E-state index contributed by atoms with van der Waals surface area (Å²) in [5.74, 6) is 0. The lowest BCUT2D eigenvalue weighted by Gasteiger charge is -2.42. The van der Waals surface area contributed by atoms with Crippen molar-refractivity contribution in [2.45, 2.75) is 0 Å². The van der Waals surface area contributed by atoms with E-state index in [0.717, 1.165) is 0 Å². The predicted octanol–water partition coefficient (Wildman–Crippen LogP) is 5.23. The van der Waals surface area contributed by atoms with E-state index >= 15 is 0 Å². The molecule has 2 aliphatic rings. The first-order valence-corrected chi connectivity index (χ1v) is 9.84. The molecule has 0 spiro atoms. The third kappa shape index (κ3) is 1.64. The van der Waals surface area contributed by atoms with Gasteiger partial charge in [-0.05, 0) is 44.8 Å². The Morgan fingerprint density at radius 2 is 1.11 bits per heavy atom. The van der Waals surface area contributed by atoms with Gasteiger partial charge in [-0.25, -0.2) is 0 Å². The maximum Gasteiger partial charge on any atom is 0.329 e. The van der Waals surface area contributed by atoms with Crippen molar-refractivity contribution in [1.29, 1.82) is 0 Å². The Morgan fingerprint density at radius 1 is 0.464 bits per heavy atom. The fourth-order valence-corrected chi connectivity index (χ4v) is 5.34. The van der Waals surface area contributed by atoms with Crippen molar-refractivity contribution in [3.8, 4) is 11.1 Å². The Kier molecular flexibility index (Phi) is 2.62. The molecule has 0 saturated heterocycles. The summed E-state index contributed by atoms with van der Waals surface area (Å²) in [7, 11) is 0. The molecule has 1 nitrogen and oxygen atoms in total. The maximum atomic E-state index is 2.56. The minimum Gasteiger partial charge on any atom is -0.376 e. The van der Waals surface area contributed by atoms with E-state index in [4.69, 9.17) is 0 Å². The second kappa shape index (κ2) is 5.05. The normalized spacial score (nSPS) is 13.6. The summed E-state index contributed by atoms with van der Waals surface area (Å²) in [5, 5.41) is 5.42. The fraction of sp³-hybridized carbons (Fsp3) is 0. The molecule has 0 N–H and O–H groups in total. The smallest absolute Gasteiger partial charge is 0.329 e. The zero-order valence-electron chi connectivity index (χ0n) is 15.3. The number of hydrogen-bond donors (Lipinski definition) is 0. The Morgan fingerprint density at radius 3 is 2.00 bits per heavy atom. The van der Waals surface area contributed by atoms with Crippen LogP contribution in [-0.2, 0) is 0 Å². The molecule has 2 aliphatic heterocycles. The quantitative estimate of drug-likeness (QED) is 0.272. The number of para-hydroxylation sites is 1. The lowest BCUT2D eigenvalue weighted by molar-refractivity contribution is 1.38. The van der Waals surface area contributed by atoms with E-state index in [1.807, 2.05) is 0 Å². The molecular weight excluding hydrogens is 337 g/mol. The molecule has 5 aromatic carbocycles. The Balaban J connectivity index is 1.74. The lowest BCUT2D eigenvalue weighted by atomic mass is 9.44. The minimum atomic E-state index is 0.204. The van der Waals surface area contributed by atoms with Gasteiger partial charge in [0.15, 0.2) is 0 Å². The monoisotopic (exact) mass is 353 g/mol. The predicted molar refractivity (Wildman–Crippen MR) is 120 cm³/mol. The van der Waals surface area contributed by atoms with Crippen LogP contribution in [0.25, 0.3) is 32.7 Å². The molecule has 0 saturated carbocycles. The van der Waals surface area contributed by atoms with Gasteiger partial charge < -0.3 is 4.81 Å². The number of benzene rings is 5. The summed E-state index contributed by atoms with van der Waals surface area (Å²) in [5.41, 5.74) is 8.07. The van der Waals surface area contributed by atoms with Gasteiger partial charge in [0.05, 0.1) is 0 Å². The van der Waals surface area contributed by atoms with Gasteiger partial charge in [0.2, 0.25) is 0 Å². The van der Waals surface area contributed by atoms with Gasteiger partial charge in [-0.1, -0.05) is 84.9 Å². The van der Waals surface area contributed by atoms with Gasteiger partial charge in [0, 0.05) is 22.3 Å². The van der Waals surface area contributed by atoms with Crippen LogP contribution < -0.4 is 15.7 Å². The summed E-state index contributed by atoms with van der Waals surface area (Å²) < 4.78 is 0. The van der Waals surface area contributed by atoms with Crippen LogP contribution in [0.2, 0.25) is 0 Å². The molecule has 0 atom stereocenters. The molecule has 0 aromatic heterocycles. The van der Waals surface area contributed by atoms with Crippen LogP contribution in [0.3, 0.4) is 0 Å². The zero-order chi connectivity index (χ0) is 18.2. The third-order valence-corrected chi connectivity index (χ3v) is 6.42. The highest BCUT2D eigenvalue weighted by atomic mass is 15.1. The fourth-order valence-electron chi connectivity index (χ4n) is 5.34. The van der Waals surface area contributed by atoms with Crippen LogP contribution >= 0.6 is 0 Å². The molecule has 0 fully saturated rings. The van der Waals surface area contributed by atoms with E-state index in [1.54, 1.807) is 0 Å². The number of rotatable bonds is 0. The average Bonchev–Trinajstić information content (AvgIpc) is 2.77. The van der Waals surface area contributed by atoms with Gasteiger partial charge in [-0.3, -0.25) is 0 Å². The van der Waals surface area contributed by atoms with Crippen LogP contribution in [0.1, 0.15) is 0 Å². The van der Waals surface area contributed by atoms with Crippen molar-refractivity contribution in [2.75, 3.05) is 4.81 Å². The van der Waals surface area contributed by atoms with Crippen molar-refractivity contribution in [3.63, 3.8) is 0 Å². The van der Waals surface area contributed by atoms with Crippen molar-refractivity contribution < 1.29 is 0 Å². The third-order valence-electron chi connectivity index (χ3n) is 6.42. The van der Waals surface area contributed by atoms with E-state index in [-0.39, 0.29) is 6.85 Å². The van der Waals surface area contributed by atoms with Crippen LogP contribution in [0.5, 0.6) is 0 Å². The van der Waals surface area contributed by atoms with Crippen LogP contribution in [0, 0.1) is 0 Å². The number of nitrogens with zero attached hydrogens (tertiary/aromatic N) is 1. The minimum absolute atomic E-state index is 0.204. The molecule has 128 valence electrons. The molecule has 2 heteroatoms. The first-order valence-electron chi connectivity index (χ1n) is 9.84. The van der Waals surface area contributed by atoms with Gasteiger partial charge in [-0.2, -0.15) is 0 Å². The molecule has 0 amide bonds. The number of hydrogen-bond acceptors (Lipinski definition) is 1. The molecular formula is C26H16BN. The number of fused-ring (bicyclic) bond motifs is 8. The summed E-state index contributed by atoms with van der Waals surface area (Å²) in [6, 6.07) is 35.7. The van der Waals surface area contributed by atoms with Crippen molar-refractivity contribution in [2.24, 2.45) is 0 Å². The van der Waals surface area contributed by atoms with Crippen LogP contribution in [-0.4, -0.2) is 6.85 Å². The molecule has 2 heterocycles. The topological polar surface area (TPSA) is 3.24 Å². The van der Waals surface area contributed by atoms with Crippen molar-refractivity contribution in [1.82, 2.24) is 0 Å². The molecule has 0 radical (unpaired) electrons. The van der Waals surface area contributed by atoms with Crippen LogP contribution in [0.4, 0.5) is 11.4 Å². The van der Waals surface area contributed by atoms with Crippen molar-refractivity contribution >= 4 is 50.7 Å². The van der Waals surface area contributed by atoms with Crippen LogP contribution in [0.15, 0.2) is 97.1 Å². The van der Waals surface area contributed by atoms with Gasteiger partial charge >= 0.3 is 6.85 Å². The van der Waals surface area contributed by atoms with Crippen molar-refractivity contribution in [3.05, 3.63) is 97.1 Å². The van der Waals surface area contributed by atoms with E-state index in [1.165, 1.54) is 55.0 Å². The Labute approximate surface area is 164 Å². The molecule has 0 bridgehead atoms. The second-order valence-electron chi connectivity index (χ2n) is 7.76. The molecule has 28 heavy (non-hydrogen) atoms. The SMILES string of the molecule is c1ccc2c(c1)B1c3cccc4ccc5cccc(c5c34)N1c1ccccc1-2. The van der Waals surface area contributed by atoms with Gasteiger partial charge in [0.25, 0.3) is 0 Å². The standard InChI is InChI=1S/C26H16BN/c1-3-11-21-19(9-1)20-10-2-4-13-23(20)28-24-14-6-8-18-16-15-17-7-5-12-22(27(21)28)25(17)26(18)24/h1-16H. The average molecular weight is 353 g/mol. The van der Waals surface area contributed by atoms with E-state index in [2.05, 4.69) is 102 Å². The molecule has 0 unspecified atom stereocenters. The Bertz CT molecular complexity index is 1330. The summed E-state index contributed by atoms with van der Waals surface area (Å²) in [4.78, 5) is 2.56. The maximum absolute atomic E-state index is 2.56. The molecule has 7 rings (SSSR count). The summed E-state index contributed by atoms with van der Waals surface area (Å²) >= 11 is 0.